The highest BCUT2D eigenvalue weighted by Gasteiger charge is 2.12. The molecule has 0 fully saturated rings. The summed E-state index contributed by atoms with van der Waals surface area (Å²) in [4.78, 5) is 0. The number of rotatable bonds is 2. The average Bonchev–Trinajstić information content (AvgIpc) is 2.13. The zero-order chi connectivity index (χ0) is 12.4. The molecule has 0 bridgehead atoms. The molecule has 0 radical (unpaired) electrons. The van der Waals surface area contributed by atoms with Gasteiger partial charge < -0.3 is 5.11 Å². The van der Waals surface area contributed by atoms with Gasteiger partial charge in [0.05, 0.1) is 5.60 Å². The third kappa shape index (κ3) is 4.19. The van der Waals surface area contributed by atoms with E-state index < -0.39 is 5.60 Å². The Morgan fingerprint density at radius 3 is 1.81 bits per heavy atom. The summed E-state index contributed by atoms with van der Waals surface area (Å²) in [6.07, 6.45) is 3.76. The first-order chi connectivity index (χ1) is 7.18. The minimum atomic E-state index is -0.747. The third-order valence-corrected chi connectivity index (χ3v) is 2.46. The summed E-state index contributed by atoms with van der Waals surface area (Å²) in [6.45, 7) is 10.2. The van der Waals surface area contributed by atoms with E-state index in [4.69, 9.17) is 0 Å². The van der Waals surface area contributed by atoms with E-state index in [0.29, 0.717) is 0 Å². The van der Waals surface area contributed by atoms with Crippen molar-refractivity contribution in [2.75, 3.05) is 0 Å². The van der Waals surface area contributed by atoms with Crippen molar-refractivity contribution in [2.24, 2.45) is 0 Å². The predicted molar refractivity (Wildman–Crippen MR) is 70.5 cm³/mol. The largest absolute Gasteiger partial charge is 0.386 e. The lowest BCUT2D eigenvalue weighted by Gasteiger charge is -2.18. The molecule has 0 heterocycles. The molecule has 0 aliphatic carbocycles. The van der Waals surface area contributed by atoms with E-state index in [9.17, 15) is 5.11 Å². The Labute approximate surface area is 98.8 Å². The molecule has 0 aromatic heterocycles. The monoisotopic (exact) mass is 218 g/mol. The lowest BCUT2D eigenvalue weighted by Crippen LogP contribution is -2.13. The van der Waals surface area contributed by atoms with E-state index in [1.54, 1.807) is 19.9 Å². The maximum absolute atomic E-state index is 9.58. The first-order valence-corrected chi connectivity index (χ1v) is 5.71. The Morgan fingerprint density at radius 1 is 0.938 bits per heavy atom. The van der Waals surface area contributed by atoms with Crippen molar-refractivity contribution in [3.63, 3.8) is 0 Å². The van der Waals surface area contributed by atoms with Gasteiger partial charge in [-0.2, -0.15) is 0 Å². The normalized spacial score (nSPS) is 13.4. The highest BCUT2D eigenvalue weighted by atomic mass is 16.3. The molecule has 0 amide bonds. The smallest absolute Gasteiger partial charge is 0.0774 e. The second-order valence-electron chi connectivity index (χ2n) is 5.86. The number of hydrogen-bond donors (Lipinski definition) is 1. The second kappa shape index (κ2) is 4.42. The summed E-state index contributed by atoms with van der Waals surface area (Å²) in [5.41, 5.74) is 1.89. The maximum Gasteiger partial charge on any atom is 0.0774 e. The van der Waals surface area contributed by atoms with Crippen molar-refractivity contribution in [2.45, 2.75) is 45.6 Å². The molecule has 0 spiro atoms. The molecular formula is C15H22O. The number of benzene rings is 1. The molecule has 0 atom stereocenters. The van der Waals surface area contributed by atoms with Gasteiger partial charge in [0.1, 0.15) is 0 Å². The van der Waals surface area contributed by atoms with Crippen molar-refractivity contribution < 1.29 is 5.11 Å². The standard InChI is InChI=1S/C15H22O/c1-14(2,3)13-8-6-12(7-9-13)10-11-15(4,5)16/h6-11,16H,1-5H3/b11-10+. The zero-order valence-electron chi connectivity index (χ0n) is 10.9. The minimum absolute atomic E-state index is 0.193. The van der Waals surface area contributed by atoms with Crippen LogP contribution in [0, 0.1) is 0 Å². The molecule has 1 aromatic rings. The van der Waals surface area contributed by atoms with Crippen LogP contribution in [0.2, 0.25) is 0 Å². The molecule has 0 aliphatic heterocycles. The van der Waals surface area contributed by atoms with Crippen molar-refractivity contribution in [1.82, 2.24) is 0 Å². The average molecular weight is 218 g/mol. The number of aliphatic hydroxyl groups is 1. The van der Waals surface area contributed by atoms with E-state index >= 15 is 0 Å². The molecule has 1 rings (SSSR count). The lowest BCUT2D eigenvalue weighted by molar-refractivity contribution is 0.134. The zero-order valence-corrected chi connectivity index (χ0v) is 10.9. The van der Waals surface area contributed by atoms with E-state index in [2.05, 4.69) is 45.0 Å². The highest BCUT2D eigenvalue weighted by Crippen LogP contribution is 2.22. The van der Waals surface area contributed by atoms with E-state index in [0.717, 1.165) is 5.56 Å². The third-order valence-electron chi connectivity index (χ3n) is 2.46. The molecule has 1 heteroatoms. The Balaban J connectivity index is 2.85. The van der Waals surface area contributed by atoms with Gasteiger partial charge in [0, 0.05) is 0 Å². The summed E-state index contributed by atoms with van der Waals surface area (Å²) >= 11 is 0. The van der Waals surface area contributed by atoms with Crippen LogP contribution in [0.5, 0.6) is 0 Å². The van der Waals surface area contributed by atoms with Gasteiger partial charge in [0.2, 0.25) is 0 Å². The first-order valence-electron chi connectivity index (χ1n) is 5.71. The van der Waals surface area contributed by atoms with Gasteiger partial charge in [-0.05, 0) is 30.4 Å². The molecule has 1 aromatic carbocycles. The SMILES string of the molecule is CC(C)(O)/C=C/c1ccc(C(C)(C)C)cc1. The van der Waals surface area contributed by atoms with Crippen molar-refractivity contribution in [1.29, 1.82) is 0 Å². The fraction of sp³-hybridized carbons (Fsp3) is 0.467. The van der Waals surface area contributed by atoms with Crippen LogP contribution in [0.4, 0.5) is 0 Å². The summed E-state index contributed by atoms with van der Waals surface area (Å²) in [5.74, 6) is 0. The van der Waals surface area contributed by atoms with Gasteiger partial charge in [0.25, 0.3) is 0 Å². The van der Waals surface area contributed by atoms with Crippen LogP contribution in [0.15, 0.2) is 30.3 Å². The summed E-state index contributed by atoms with van der Waals surface area (Å²) < 4.78 is 0. The molecule has 0 saturated heterocycles. The van der Waals surface area contributed by atoms with Crippen LogP contribution in [0.25, 0.3) is 6.08 Å². The lowest BCUT2D eigenvalue weighted by atomic mass is 9.86. The Bertz CT molecular complexity index is 358. The van der Waals surface area contributed by atoms with Crippen LogP contribution in [0.3, 0.4) is 0 Å². The van der Waals surface area contributed by atoms with E-state index in [1.165, 1.54) is 5.56 Å². The Kier molecular flexibility index (Phi) is 3.59. The number of hydrogen-bond acceptors (Lipinski definition) is 1. The predicted octanol–water partition coefficient (Wildman–Crippen LogP) is 3.77. The van der Waals surface area contributed by atoms with Crippen LogP contribution in [-0.4, -0.2) is 10.7 Å². The maximum atomic E-state index is 9.58. The van der Waals surface area contributed by atoms with Crippen molar-refractivity contribution in [3.8, 4) is 0 Å². The van der Waals surface area contributed by atoms with Crippen LogP contribution < -0.4 is 0 Å². The van der Waals surface area contributed by atoms with Crippen LogP contribution >= 0.6 is 0 Å². The second-order valence-corrected chi connectivity index (χ2v) is 5.86. The quantitative estimate of drug-likeness (QED) is 0.801. The summed E-state index contributed by atoms with van der Waals surface area (Å²) in [7, 11) is 0. The molecule has 0 saturated carbocycles. The Hall–Kier alpha value is -1.08. The fourth-order valence-electron chi connectivity index (χ4n) is 1.39. The first kappa shape index (κ1) is 13.0. The van der Waals surface area contributed by atoms with Gasteiger partial charge in [-0.1, -0.05) is 57.2 Å². The fourth-order valence-corrected chi connectivity index (χ4v) is 1.39. The van der Waals surface area contributed by atoms with Gasteiger partial charge in [-0.3, -0.25) is 0 Å². The van der Waals surface area contributed by atoms with Gasteiger partial charge in [0.15, 0.2) is 0 Å². The molecule has 16 heavy (non-hydrogen) atoms. The minimum Gasteiger partial charge on any atom is -0.386 e. The summed E-state index contributed by atoms with van der Waals surface area (Å²) in [6, 6.07) is 8.46. The van der Waals surface area contributed by atoms with Crippen molar-refractivity contribution >= 4 is 6.08 Å². The molecule has 88 valence electrons. The van der Waals surface area contributed by atoms with Crippen molar-refractivity contribution in [3.05, 3.63) is 41.5 Å². The van der Waals surface area contributed by atoms with Gasteiger partial charge in [-0.15, -0.1) is 0 Å². The Morgan fingerprint density at radius 2 is 1.44 bits per heavy atom. The van der Waals surface area contributed by atoms with Gasteiger partial charge >= 0.3 is 0 Å². The van der Waals surface area contributed by atoms with E-state index in [1.807, 2.05) is 6.08 Å². The molecule has 1 nitrogen and oxygen atoms in total. The molecule has 0 aliphatic rings. The van der Waals surface area contributed by atoms with Crippen LogP contribution in [0.1, 0.15) is 45.7 Å². The summed E-state index contributed by atoms with van der Waals surface area (Å²) in [5, 5.41) is 9.58. The topological polar surface area (TPSA) is 20.2 Å². The van der Waals surface area contributed by atoms with E-state index in [-0.39, 0.29) is 5.41 Å². The molecular weight excluding hydrogens is 196 g/mol. The molecule has 1 N–H and O–H groups in total. The van der Waals surface area contributed by atoms with Crippen LogP contribution in [-0.2, 0) is 5.41 Å². The molecule has 0 unspecified atom stereocenters. The van der Waals surface area contributed by atoms with Gasteiger partial charge in [-0.25, -0.2) is 0 Å². The highest BCUT2D eigenvalue weighted by molar-refractivity contribution is 5.51.